The summed E-state index contributed by atoms with van der Waals surface area (Å²) in [6, 6.07) is 5.61. The lowest BCUT2D eigenvalue weighted by molar-refractivity contribution is 0.300. The van der Waals surface area contributed by atoms with Crippen molar-refractivity contribution in [3.05, 3.63) is 46.9 Å². The Morgan fingerprint density at radius 3 is 2.78 bits per heavy atom. The standard InChI is InChI=1S/C13H14ClN3O/c1-2-9-5-11(3-4-12(9)14)18-8-10-6-17-13(15)7-16-10/h3-7H,2,8H2,1H3,(H2,15,17). The summed E-state index contributed by atoms with van der Waals surface area (Å²) in [4.78, 5) is 8.07. The molecule has 0 aliphatic heterocycles. The fourth-order valence-corrected chi connectivity index (χ4v) is 1.76. The second kappa shape index (κ2) is 5.69. The Bertz CT molecular complexity index is 528. The average molecular weight is 264 g/mol. The van der Waals surface area contributed by atoms with Crippen molar-refractivity contribution < 1.29 is 4.74 Å². The van der Waals surface area contributed by atoms with E-state index in [1.807, 2.05) is 18.2 Å². The zero-order valence-electron chi connectivity index (χ0n) is 10.1. The molecule has 1 aromatic carbocycles. The third-order valence-electron chi connectivity index (χ3n) is 2.51. The molecule has 1 heterocycles. The maximum Gasteiger partial charge on any atom is 0.141 e. The highest BCUT2D eigenvalue weighted by Gasteiger charge is 2.02. The van der Waals surface area contributed by atoms with Crippen molar-refractivity contribution in [3.63, 3.8) is 0 Å². The van der Waals surface area contributed by atoms with Gasteiger partial charge in [-0.15, -0.1) is 0 Å². The Labute approximate surface area is 111 Å². The number of ether oxygens (including phenoxy) is 1. The van der Waals surface area contributed by atoms with Crippen molar-refractivity contribution >= 4 is 17.4 Å². The number of nitrogen functional groups attached to an aromatic ring is 1. The van der Waals surface area contributed by atoms with Crippen molar-refractivity contribution in [2.24, 2.45) is 0 Å². The fraction of sp³-hybridized carbons (Fsp3) is 0.231. The van der Waals surface area contributed by atoms with Gasteiger partial charge in [0.2, 0.25) is 0 Å². The van der Waals surface area contributed by atoms with Crippen molar-refractivity contribution in [2.75, 3.05) is 5.73 Å². The molecule has 0 atom stereocenters. The first-order valence-electron chi connectivity index (χ1n) is 5.66. The van der Waals surface area contributed by atoms with Gasteiger partial charge in [0.25, 0.3) is 0 Å². The summed E-state index contributed by atoms with van der Waals surface area (Å²) < 4.78 is 5.63. The van der Waals surface area contributed by atoms with E-state index < -0.39 is 0 Å². The number of rotatable bonds is 4. The highest BCUT2D eigenvalue weighted by molar-refractivity contribution is 6.31. The first kappa shape index (κ1) is 12.6. The molecule has 0 fully saturated rings. The van der Waals surface area contributed by atoms with Crippen LogP contribution in [0.1, 0.15) is 18.2 Å². The van der Waals surface area contributed by atoms with Gasteiger partial charge in [-0.25, -0.2) is 4.98 Å². The van der Waals surface area contributed by atoms with Crippen LogP contribution in [-0.4, -0.2) is 9.97 Å². The molecule has 0 amide bonds. The molecule has 18 heavy (non-hydrogen) atoms. The summed E-state index contributed by atoms with van der Waals surface area (Å²) in [5.41, 5.74) is 7.26. The molecule has 4 nitrogen and oxygen atoms in total. The molecular formula is C13H14ClN3O. The van der Waals surface area contributed by atoms with E-state index >= 15 is 0 Å². The van der Waals surface area contributed by atoms with Gasteiger partial charge in [0.05, 0.1) is 18.1 Å². The van der Waals surface area contributed by atoms with E-state index in [0.717, 1.165) is 28.5 Å². The fourth-order valence-electron chi connectivity index (χ4n) is 1.51. The van der Waals surface area contributed by atoms with Crippen LogP contribution in [0, 0.1) is 0 Å². The third-order valence-corrected chi connectivity index (χ3v) is 2.88. The number of anilines is 1. The van der Waals surface area contributed by atoms with Crippen molar-refractivity contribution in [1.29, 1.82) is 0 Å². The second-order valence-electron chi connectivity index (χ2n) is 3.83. The van der Waals surface area contributed by atoms with Crippen molar-refractivity contribution in [1.82, 2.24) is 9.97 Å². The number of aryl methyl sites for hydroxylation is 1. The maximum atomic E-state index is 6.04. The van der Waals surface area contributed by atoms with Gasteiger partial charge < -0.3 is 10.5 Å². The third kappa shape index (κ3) is 3.11. The number of nitrogens with two attached hydrogens (primary N) is 1. The molecule has 1 aromatic heterocycles. The SMILES string of the molecule is CCc1cc(OCc2cnc(N)cn2)ccc1Cl. The zero-order chi connectivity index (χ0) is 13.0. The molecule has 0 radical (unpaired) electrons. The first-order valence-corrected chi connectivity index (χ1v) is 6.04. The van der Waals surface area contributed by atoms with Crippen LogP contribution in [0.4, 0.5) is 5.82 Å². The van der Waals surface area contributed by atoms with E-state index in [1.54, 1.807) is 6.20 Å². The minimum atomic E-state index is 0.359. The van der Waals surface area contributed by atoms with E-state index in [-0.39, 0.29) is 0 Å². The first-order chi connectivity index (χ1) is 8.69. The molecule has 2 rings (SSSR count). The Kier molecular flexibility index (Phi) is 3.99. The van der Waals surface area contributed by atoms with Crippen LogP contribution < -0.4 is 10.5 Å². The summed E-state index contributed by atoms with van der Waals surface area (Å²) in [5.74, 6) is 1.17. The van der Waals surface area contributed by atoms with Gasteiger partial charge >= 0.3 is 0 Å². The minimum Gasteiger partial charge on any atom is -0.487 e. The number of halogens is 1. The molecule has 5 heteroatoms. The van der Waals surface area contributed by atoms with Gasteiger partial charge in [0.1, 0.15) is 18.2 Å². The van der Waals surface area contributed by atoms with E-state index in [9.17, 15) is 0 Å². The predicted octanol–water partition coefficient (Wildman–Crippen LogP) is 2.85. The topological polar surface area (TPSA) is 61.0 Å². The van der Waals surface area contributed by atoms with Crippen molar-refractivity contribution in [3.8, 4) is 5.75 Å². The molecule has 0 aliphatic rings. The predicted molar refractivity (Wildman–Crippen MR) is 71.6 cm³/mol. The highest BCUT2D eigenvalue weighted by Crippen LogP contribution is 2.23. The normalized spacial score (nSPS) is 10.3. The monoisotopic (exact) mass is 263 g/mol. The van der Waals surface area contributed by atoms with E-state index in [1.165, 1.54) is 6.20 Å². The largest absolute Gasteiger partial charge is 0.487 e. The van der Waals surface area contributed by atoms with Gasteiger partial charge in [-0.3, -0.25) is 4.98 Å². The lowest BCUT2D eigenvalue weighted by Crippen LogP contribution is -2.01. The van der Waals surface area contributed by atoms with Crippen LogP contribution >= 0.6 is 11.6 Å². The Hall–Kier alpha value is -1.81. The molecule has 0 aliphatic carbocycles. The van der Waals surface area contributed by atoms with E-state index in [0.29, 0.717) is 12.4 Å². The number of nitrogens with zero attached hydrogens (tertiary/aromatic N) is 2. The molecule has 0 saturated heterocycles. The van der Waals surface area contributed by atoms with Gasteiger partial charge in [-0.2, -0.15) is 0 Å². The smallest absolute Gasteiger partial charge is 0.141 e. The Morgan fingerprint density at radius 2 is 2.11 bits per heavy atom. The summed E-state index contributed by atoms with van der Waals surface area (Å²) in [6.45, 7) is 2.41. The van der Waals surface area contributed by atoms with Crippen LogP contribution in [0.25, 0.3) is 0 Å². The molecule has 0 bridgehead atoms. The molecule has 0 unspecified atom stereocenters. The number of benzene rings is 1. The average Bonchev–Trinajstić information content (AvgIpc) is 2.39. The highest BCUT2D eigenvalue weighted by atomic mass is 35.5. The zero-order valence-corrected chi connectivity index (χ0v) is 10.8. The summed E-state index contributed by atoms with van der Waals surface area (Å²) in [5, 5.41) is 0.761. The lowest BCUT2D eigenvalue weighted by Gasteiger charge is -2.08. The number of hydrogen-bond donors (Lipinski definition) is 1. The lowest BCUT2D eigenvalue weighted by atomic mass is 10.1. The van der Waals surface area contributed by atoms with Gasteiger partial charge in [0, 0.05) is 5.02 Å². The maximum absolute atomic E-state index is 6.04. The number of hydrogen-bond acceptors (Lipinski definition) is 4. The summed E-state index contributed by atoms with van der Waals surface area (Å²) in [6.07, 6.45) is 3.99. The van der Waals surface area contributed by atoms with Crippen LogP contribution in [-0.2, 0) is 13.0 Å². The quantitative estimate of drug-likeness (QED) is 0.921. The van der Waals surface area contributed by atoms with Gasteiger partial charge in [-0.05, 0) is 30.2 Å². The molecule has 0 saturated carbocycles. The molecule has 94 valence electrons. The molecule has 2 aromatic rings. The minimum absolute atomic E-state index is 0.359. The van der Waals surface area contributed by atoms with Crippen molar-refractivity contribution in [2.45, 2.75) is 20.0 Å². The summed E-state index contributed by atoms with van der Waals surface area (Å²) in [7, 11) is 0. The van der Waals surface area contributed by atoms with E-state index in [4.69, 9.17) is 22.1 Å². The summed E-state index contributed by atoms with van der Waals surface area (Å²) >= 11 is 6.04. The Morgan fingerprint density at radius 1 is 1.28 bits per heavy atom. The van der Waals surface area contributed by atoms with E-state index in [2.05, 4.69) is 16.9 Å². The molecular weight excluding hydrogens is 250 g/mol. The van der Waals surface area contributed by atoms with Crippen LogP contribution in [0.2, 0.25) is 5.02 Å². The number of aromatic nitrogens is 2. The Balaban J connectivity index is 2.04. The molecule has 2 N–H and O–H groups in total. The van der Waals surface area contributed by atoms with Crippen LogP contribution in [0.3, 0.4) is 0 Å². The molecule has 0 spiro atoms. The second-order valence-corrected chi connectivity index (χ2v) is 4.24. The van der Waals surface area contributed by atoms with Crippen LogP contribution in [0.5, 0.6) is 5.75 Å². The van der Waals surface area contributed by atoms with Gasteiger partial charge in [-0.1, -0.05) is 18.5 Å². The van der Waals surface area contributed by atoms with Gasteiger partial charge in [0.15, 0.2) is 0 Å². The van der Waals surface area contributed by atoms with Crippen LogP contribution in [0.15, 0.2) is 30.6 Å².